The molecule has 2 saturated heterocycles. The van der Waals surface area contributed by atoms with Crippen molar-refractivity contribution in [2.75, 3.05) is 26.2 Å². The van der Waals surface area contributed by atoms with E-state index in [0.29, 0.717) is 32.4 Å². The molecule has 0 aromatic carbocycles. The summed E-state index contributed by atoms with van der Waals surface area (Å²) < 4.78 is 0. The Hall–Kier alpha value is -1.96. The normalized spacial score (nSPS) is 24.2. The van der Waals surface area contributed by atoms with E-state index in [-0.39, 0.29) is 29.8 Å². The zero-order valence-electron chi connectivity index (χ0n) is 17.6. The first-order valence-corrected chi connectivity index (χ1v) is 11.1. The van der Waals surface area contributed by atoms with Gasteiger partial charge in [-0.05, 0) is 58.5 Å². The maximum atomic E-state index is 12.8. The second-order valence-electron chi connectivity index (χ2n) is 8.65. The quantitative estimate of drug-likeness (QED) is 0.542. The summed E-state index contributed by atoms with van der Waals surface area (Å²) in [7, 11) is 0. The molecule has 1 aliphatic carbocycles. The standard InChI is InChI=1S/C21H34N4O4/c1-3-6-17(18(26)20(28)22-16-7-8-16)23-19(27)15-9-12-25(13-15)21(29)14(2)24-10-4-5-11-24/h14-17H,3-13H2,1-2H3,(H,22,28)(H,23,27)/t14-,15?,17?/m0/s1. The molecule has 3 atom stereocenters. The SMILES string of the molecule is CCCC(NC(=O)C1CCN(C(=O)[C@H](C)N2CCCC2)C1)C(=O)C(=O)NC1CC1. The van der Waals surface area contributed by atoms with E-state index in [9.17, 15) is 19.2 Å². The molecule has 8 heteroatoms. The van der Waals surface area contributed by atoms with E-state index in [1.54, 1.807) is 4.90 Å². The summed E-state index contributed by atoms with van der Waals surface area (Å²) in [6.45, 7) is 6.70. The van der Waals surface area contributed by atoms with Crippen LogP contribution in [0.25, 0.3) is 0 Å². The summed E-state index contributed by atoms with van der Waals surface area (Å²) >= 11 is 0. The average Bonchev–Trinajstić information content (AvgIpc) is 3.16. The summed E-state index contributed by atoms with van der Waals surface area (Å²) in [5.41, 5.74) is 0. The summed E-state index contributed by atoms with van der Waals surface area (Å²) in [5, 5.41) is 5.48. The number of rotatable bonds is 9. The molecule has 1 saturated carbocycles. The van der Waals surface area contributed by atoms with Crippen LogP contribution in [0.5, 0.6) is 0 Å². The van der Waals surface area contributed by atoms with Gasteiger partial charge in [0.1, 0.15) is 0 Å². The average molecular weight is 407 g/mol. The van der Waals surface area contributed by atoms with Gasteiger partial charge in [-0.25, -0.2) is 0 Å². The fourth-order valence-electron chi connectivity index (χ4n) is 4.21. The van der Waals surface area contributed by atoms with Gasteiger partial charge in [-0.3, -0.25) is 24.1 Å². The molecule has 2 unspecified atom stereocenters. The fraction of sp³-hybridized carbons (Fsp3) is 0.810. The van der Waals surface area contributed by atoms with Crippen LogP contribution in [0.3, 0.4) is 0 Å². The molecule has 2 heterocycles. The van der Waals surface area contributed by atoms with Crippen molar-refractivity contribution >= 4 is 23.5 Å². The lowest BCUT2D eigenvalue weighted by molar-refractivity contribution is -0.140. The minimum atomic E-state index is -0.792. The van der Waals surface area contributed by atoms with E-state index < -0.39 is 17.7 Å². The first-order chi connectivity index (χ1) is 13.9. The van der Waals surface area contributed by atoms with Crippen molar-refractivity contribution in [3.63, 3.8) is 0 Å². The van der Waals surface area contributed by atoms with Crippen LogP contribution < -0.4 is 10.6 Å². The number of carbonyl (C=O) groups excluding carboxylic acids is 4. The van der Waals surface area contributed by atoms with Gasteiger partial charge in [0, 0.05) is 19.1 Å². The number of carbonyl (C=O) groups is 4. The zero-order chi connectivity index (χ0) is 21.0. The monoisotopic (exact) mass is 406 g/mol. The van der Waals surface area contributed by atoms with Crippen molar-refractivity contribution in [3.8, 4) is 0 Å². The van der Waals surface area contributed by atoms with Crippen molar-refractivity contribution < 1.29 is 19.2 Å². The second-order valence-corrected chi connectivity index (χ2v) is 8.65. The molecule has 0 aromatic rings. The Morgan fingerprint density at radius 2 is 1.72 bits per heavy atom. The van der Waals surface area contributed by atoms with Gasteiger partial charge in [0.2, 0.25) is 17.6 Å². The highest BCUT2D eigenvalue weighted by atomic mass is 16.2. The Morgan fingerprint density at radius 3 is 2.34 bits per heavy atom. The number of nitrogens with one attached hydrogen (secondary N) is 2. The minimum Gasteiger partial charge on any atom is -0.347 e. The van der Waals surface area contributed by atoms with Crippen molar-refractivity contribution in [3.05, 3.63) is 0 Å². The molecule has 0 radical (unpaired) electrons. The van der Waals surface area contributed by atoms with Crippen LogP contribution in [-0.2, 0) is 19.2 Å². The molecule has 8 nitrogen and oxygen atoms in total. The van der Waals surface area contributed by atoms with Crippen LogP contribution >= 0.6 is 0 Å². The number of likely N-dealkylation sites (tertiary alicyclic amines) is 2. The summed E-state index contributed by atoms with van der Waals surface area (Å²) in [6, 6.07) is -0.837. The van der Waals surface area contributed by atoms with E-state index in [1.807, 2.05) is 13.8 Å². The molecule has 2 N–H and O–H groups in total. The highest BCUT2D eigenvalue weighted by Crippen LogP contribution is 2.21. The van der Waals surface area contributed by atoms with Crippen LogP contribution in [0, 0.1) is 5.92 Å². The summed E-state index contributed by atoms with van der Waals surface area (Å²) in [6.07, 6.45) is 5.79. The maximum absolute atomic E-state index is 12.8. The lowest BCUT2D eigenvalue weighted by Gasteiger charge is -2.27. The lowest BCUT2D eigenvalue weighted by Crippen LogP contribution is -2.50. The van der Waals surface area contributed by atoms with Crippen LogP contribution in [0.1, 0.15) is 58.8 Å². The number of Topliss-reactive ketones (excluding diaryl/α,β-unsaturated/α-hetero) is 1. The van der Waals surface area contributed by atoms with Crippen molar-refractivity contribution in [2.45, 2.75) is 76.9 Å². The number of ketones is 1. The highest BCUT2D eigenvalue weighted by Gasteiger charge is 2.37. The molecule has 3 aliphatic rings. The van der Waals surface area contributed by atoms with E-state index in [2.05, 4.69) is 15.5 Å². The highest BCUT2D eigenvalue weighted by molar-refractivity contribution is 6.38. The van der Waals surface area contributed by atoms with Gasteiger partial charge in [0.05, 0.1) is 18.0 Å². The van der Waals surface area contributed by atoms with E-state index in [4.69, 9.17) is 0 Å². The van der Waals surface area contributed by atoms with Gasteiger partial charge >= 0.3 is 0 Å². The smallest absolute Gasteiger partial charge is 0.289 e. The third kappa shape index (κ3) is 5.56. The first kappa shape index (κ1) is 21.7. The van der Waals surface area contributed by atoms with Crippen LogP contribution in [-0.4, -0.2) is 77.6 Å². The second kappa shape index (κ2) is 9.69. The van der Waals surface area contributed by atoms with E-state index >= 15 is 0 Å². The molecule has 3 fully saturated rings. The van der Waals surface area contributed by atoms with Gasteiger partial charge < -0.3 is 15.5 Å². The molecular formula is C21H34N4O4. The Labute approximate surface area is 172 Å². The number of hydrogen-bond donors (Lipinski definition) is 2. The Bertz CT molecular complexity index is 643. The third-order valence-corrected chi connectivity index (χ3v) is 6.26. The summed E-state index contributed by atoms with van der Waals surface area (Å²) in [4.78, 5) is 54.0. The molecule has 162 valence electrons. The number of nitrogens with zero attached hydrogens (tertiary/aromatic N) is 2. The largest absolute Gasteiger partial charge is 0.347 e. The van der Waals surface area contributed by atoms with Crippen molar-refractivity contribution in [1.29, 1.82) is 0 Å². The van der Waals surface area contributed by atoms with Gasteiger partial charge in [-0.15, -0.1) is 0 Å². The Kier molecular flexibility index (Phi) is 7.27. The molecule has 0 bridgehead atoms. The van der Waals surface area contributed by atoms with Crippen LogP contribution in [0.2, 0.25) is 0 Å². The topological polar surface area (TPSA) is 98.8 Å². The maximum Gasteiger partial charge on any atom is 0.289 e. The molecule has 2 aliphatic heterocycles. The molecule has 3 amide bonds. The van der Waals surface area contributed by atoms with Crippen LogP contribution in [0.4, 0.5) is 0 Å². The number of amides is 3. The molecule has 0 aromatic heterocycles. The van der Waals surface area contributed by atoms with Crippen molar-refractivity contribution in [1.82, 2.24) is 20.4 Å². The molecule has 3 rings (SSSR count). The fourth-order valence-corrected chi connectivity index (χ4v) is 4.21. The summed E-state index contributed by atoms with van der Waals surface area (Å²) in [5.74, 6) is -1.66. The Balaban J connectivity index is 1.51. The van der Waals surface area contributed by atoms with Gasteiger partial charge in [-0.1, -0.05) is 13.3 Å². The number of hydrogen-bond acceptors (Lipinski definition) is 5. The zero-order valence-corrected chi connectivity index (χ0v) is 17.6. The molecule has 29 heavy (non-hydrogen) atoms. The predicted molar refractivity (Wildman–Crippen MR) is 108 cm³/mol. The van der Waals surface area contributed by atoms with Crippen molar-refractivity contribution in [2.24, 2.45) is 5.92 Å². The minimum absolute atomic E-state index is 0.0761. The molecular weight excluding hydrogens is 372 g/mol. The lowest BCUT2D eigenvalue weighted by atomic mass is 10.0. The van der Waals surface area contributed by atoms with E-state index in [0.717, 1.165) is 38.8 Å². The molecule has 0 spiro atoms. The van der Waals surface area contributed by atoms with E-state index in [1.165, 1.54) is 0 Å². The van der Waals surface area contributed by atoms with Crippen LogP contribution in [0.15, 0.2) is 0 Å². The van der Waals surface area contributed by atoms with Gasteiger partial charge in [-0.2, -0.15) is 0 Å². The van der Waals surface area contributed by atoms with Gasteiger partial charge in [0.15, 0.2) is 0 Å². The Morgan fingerprint density at radius 1 is 1.03 bits per heavy atom. The third-order valence-electron chi connectivity index (χ3n) is 6.26. The predicted octanol–water partition coefficient (Wildman–Crippen LogP) is 0.452. The first-order valence-electron chi connectivity index (χ1n) is 11.1. The van der Waals surface area contributed by atoms with Gasteiger partial charge in [0.25, 0.3) is 5.91 Å².